The second-order valence-electron chi connectivity index (χ2n) is 5.67. The van der Waals surface area contributed by atoms with Crippen LogP contribution in [0.5, 0.6) is 5.75 Å². The molecular weight excluding hydrogens is 324 g/mol. The molecule has 2 heterocycles. The highest BCUT2D eigenvalue weighted by molar-refractivity contribution is 8.17. The molecule has 1 aromatic carbocycles. The van der Waals surface area contributed by atoms with Crippen LogP contribution in [0.2, 0.25) is 0 Å². The third-order valence-electron chi connectivity index (χ3n) is 4.34. The lowest BCUT2D eigenvalue weighted by atomic mass is 9.94. The van der Waals surface area contributed by atoms with Gasteiger partial charge in [0.2, 0.25) is 0 Å². The number of allylic oxidation sites excluding steroid dienone is 3. The predicted octanol–water partition coefficient (Wildman–Crippen LogP) is 3.85. The van der Waals surface area contributed by atoms with E-state index in [2.05, 4.69) is 23.7 Å². The first kappa shape index (κ1) is 16.6. The van der Waals surface area contributed by atoms with E-state index in [4.69, 9.17) is 9.47 Å². The Kier molecular flexibility index (Phi) is 4.41. The van der Waals surface area contributed by atoms with Crippen molar-refractivity contribution in [2.75, 3.05) is 14.2 Å². The first-order chi connectivity index (χ1) is 11.5. The van der Waals surface area contributed by atoms with E-state index in [9.17, 15) is 4.79 Å². The molecule has 6 heteroatoms. The van der Waals surface area contributed by atoms with Crippen LogP contribution in [-0.2, 0) is 9.53 Å². The van der Waals surface area contributed by atoms with Gasteiger partial charge in [0.05, 0.1) is 31.5 Å². The number of nitrogens with zero attached hydrogens (tertiary/aromatic N) is 2. The average molecular weight is 344 g/mol. The Morgan fingerprint density at radius 3 is 2.42 bits per heavy atom. The second-order valence-corrected chi connectivity index (χ2v) is 6.86. The number of ether oxygens (including phenoxy) is 2. The lowest BCUT2D eigenvalue weighted by Gasteiger charge is -2.35. The summed E-state index contributed by atoms with van der Waals surface area (Å²) in [6.07, 6.45) is 0. The SMILES string of the molecule is COC(=O)C1=C(C)N=C2SC(C)=C(C)N2[C@H]1c1ccc(OC)cc1. The third-order valence-corrected chi connectivity index (χ3v) is 5.42. The van der Waals surface area contributed by atoms with Gasteiger partial charge in [0.25, 0.3) is 0 Å². The fourth-order valence-electron chi connectivity index (χ4n) is 2.96. The minimum Gasteiger partial charge on any atom is -0.497 e. The Labute approximate surface area is 146 Å². The van der Waals surface area contributed by atoms with Gasteiger partial charge in [0, 0.05) is 10.6 Å². The highest BCUT2D eigenvalue weighted by Gasteiger charge is 2.40. The molecule has 0 saturated carbocycles. The number of amidine groups is 1. The van der Waals surface area contributed by atoms with Gasteiger partial charge in [-0.25, -0.2) is 9.79 Å². The molecule has 0 fully saturated rings. The number of esters is 1. The van der Waals surface area contributed by atoms with Crippen molar-refractivity contribution in [2.45, 2.75) is 26.8 Å². The summed E-state index contributed by atoms with van der Waals surface area (Å²) in [7, 11) is 3.04. The highest BCUT2D eigenvalue weighted by atomic mass is 32.2. The molecule has 1 aromatic rings. The fourth-order valence-corrected chi connectivity index (χ4v) is 4.00. The van der Waals surface area contributed by atoms with Gasteiger partial charge in [0.15, 0.2) is 5.17 Å². The standard InChI is InChI=1S/C18H20N2O3S/c1-10-15(17(21)23-5)16(13-6-8-14(22-4)9-7-13)20-11(2)12(3)24-18(20)19-10/h6-9,16H,1-5H3/t16-/m0/s1. The molecular formula is C18H20N2O3S. The Morgan fingerprint density at radius 2 is 1.83 bits per heavy atom. The number of carbonyl (C=O) groups excluding carboxylic acids is 1. The first-order valence-corrected chi connectivity index (χ1v) is 8.45. The molecule has 0 unspecified atom stereocenters. The maximum absolute atomic E-state index is 12.4. The van der Waals surface area contributed by atoms with Crippen molar-refractivity contribution in [2.24, 2.45) is 4.99 Å². The monoisotopic (exact) mass is 344 g/mol. The van der Waals surface area contributed by atoms with E-state index in [0.29, 0.717) is 11.3 Å². The van der Waals surface area contributed by atoms with Gasteiger partial charge < -0.3 is 14.4 Å². The van der Waals surface area contributed by atoms with Crippen molar-refractivity contribution in [3.8, 4) is 5.75 Å². The molecule has 24 heavy (non-hydrogen) atoms. The van der Waals surface area contributed by atoms with E-state index in [1.807, 2.05) is 31.2 Å². The van der Waals surface area contributed by atoms with Gasteiger partial charge >= 0.3 is 5.97 Å². The number of hydrogen-bond donors (Lipinski definition) is 0. The Balaban J connectivity index is 2.15. The molecule has 0 saturated heterocycles. The number of fused-ring (bicyclic) bond motifs is 1. The van der Waals surface area contributed by atoms with E-state index in [0.717, 1.165) is 22.2 Å². The highest BCUT2D eigenvalue weighted by Crippen LogP contribution is 2.46. The summed E-state index contributed by atoms with van der Waals surface area (Å²) in [5, 5.41) is 0.899. The number of benzene rings is 1. The van der Waals surface area contributed by atoms with Crippen LogP contribution in [0.4, 0.5) is 0 Å². The Morgan fingerprint density at radius 1 is 1.17 bits per heavy atom. The number of carbonyl (C=O) groups is 1. The summed E-state index contributed by atoms with van der Waals surface area (Å²) in [4.78, 5) is 20.4. The molecule has 0 aromatic heterocycles. The number of methoxy groups -OCH3 is 2. The largest absolute Gasteiger partial charge is 0.497 e. The van der Waals surface area contributed by atoms with Crippen molar-refractivity contribution in [3.63, 3.8) is 0 Å². The normalized spacial score (nSPS) is 20.1. The van der Waals surface area contributed by atoms with Crippen LogP contribution >= 0.6 is 11.8 Å². The third kappa shape index (κ3) is 2.60. The summed E-state index contributed by atoms with van der Waals surface area (Å²) in [5.74, 6) is 0.432. The molecule has 5 nitrogen and oxygen atoms in total. The molecule has 2 aliphatic heterocycles. The van der Waals surface area contributed by atoms with E-state index in [-0.39, 0.29) is 12.0 Å². The lowest BCUT2D eigenvalue weighted by Crippen LogP contribution is -2.35. The van der Waals surface area contributed by atoms with Gasteiger partial charge in [0.1, 0.15) is 5.75 Å². The maximum Gasteiger partial charge on any atom is 0.338 e. The molecule has 0 amide bonds. The van der Waals surface area contributed by atoms with Crippen LogP contribution in [-0.4, -0.2) is 30.3 Å². The predicted molar refractivity (Wildman–Crippen MR) is 95.7 cm³/mol. The molecule has 126 valence electrons. The van der Waals surface area contributed by atoms with Crippen molar-refractivity contribution in [3.05, 3.63) is 51.7 Å². The molecule has 0 N–H and O–H groups in total. The summed E-state index contributed by atoms with van der Waals surface area (Å²) in [5.41, 5.74) is 3.37. The summed E-state index contributed by atoms with van der Waals surface area (Å²) < 4.78 is 10.3. The molecule has 1 atom stereocenters. The Hall–Kier alpha value is -2.21. The van der Waals surface area contributed by atoms with Crippen LogP contribution in [0.25, 0.3) is 0 Å². The van der Waals surface area contributed by atoms with Gasteiger partial charge in [-0.15, -0.1) is 0 Å². The summed E-state index contributed by atoms with van der Waals surface area (Å²) in [6, 6.07) is 7.52. The van der Waals surface area contributed by atoms with Crippen LogP contribution in [0.15, 0.2) is 51.1 Å². The van der Waals surface area contributed by atoms with Crippen LogP contribution in [0.3, 0.4) is 0 Å². The molecule has 0 aliphatic carbocycles. The van der Waals surface area contributed by atoms with Crippen LogP contribution in [0.1, 0.15) is 32.4 Å². The molecule has 0 bridgehead atoms. The van der Waals surface area contributed by atoms with E-state index in [1.165, 1.54) is 12.0 Å². The van der Waals surface area contributed by atoms with Gasteiger partial charge in [-0.1, -0.05) is 23.9 Å². The molecule has 2 aliphatic rings. The zero-order chi connectivity index (χ0) is 17.4. The number of rotatable bonds is 3. The van der Waals surface area contributed by atoms with Crippen molar-refractivity contribution >= 4 is 22.9 Å². The molecule has 0 spiro atoms. The van der Waals surface area contributed by atoms with Crippen LogP contribution in [0, 0.1) is 0 Å². The van der Waals surface area contributed by atoms with Crippen molar-refractivity contribution in [1.82, 2.24) is 4.90 Å². The van der Waals surface area contributed by atoms with Crippen LogP contribution < -0.4 is 4.74 Å². The van der Waals surface area contributed by atoms with E-state index < -0.39 is 0 Å². The van der Waals surface area contributed by atoms with E-state index >= 15 is 0 Å². The van der Waals surface area contributed by atoms with Gasteiger partial charge in [-0.3, -0.25) is 0 Å². The Bertz CT molecular complexity index is 778. The zero-order valence-electron chi connectivity index (χ0n) is 14.4. The first-order valence-electron chi connectivity index (χ1n) is 7.64. The minimum absolute atomic E-state index is 0.249. The maximum atomic E-state index is 12.4. The summed E-state index contributed by atoms with van der Waals surface area (Å²) in [6.45, 7) is 5.98. The van der Waals surface area contributed by atoms with Gasteiger partial charge in [-0.05, 0) is 38.5 Å². The summed E-state index contributed by atoms with van der Waals surface area (Å²) >= 11 is 1.63. The van der Waals surface area contributed by atoms with Crippen molar-refractivity contribution in [1.29, 1.82) is 0 Å². The van der Waals surface area contributed by atoms with Gasteiger partial charge in [-0.2, -0.15) is 0 Å². The second kappa shape index (κ2) is 6.36. The number of hydrogen-bond acceptors (Lipinski definition) is 6. The number of thioether (sulfide) groups is 1. The zero-order valence-corrected chi connectivity index (χ0v) is 15.2. The van der Waals surface area contributed by atoms with Crippen molar-refractivity contribution < 1.29 is 14.3 Å². The smallest absolute Gasteiger partial charge is 0.338 e. The molecule has 3 rings (SSSR count). The fraction of sp³-hybridized carbons (Fsp3) is 0.333. The lowest BCUT2D eigenvalue weighted by molar-refractivity contribution is -0.136. The van der Waals surface area contributed by atoms with E-state index in [1.54, 1.807) is 18.9 Å². The minimum atomic E-state index is -0.349. The number of aliphatic imine (C=N–C) groups is 1. The topological polar surface area (TPSA) is 51.1 Å². The molecule has 0 radical (unpaired) electrons. The quantitative estimate of drug-likeness (QED) is 0.780. The average Bonchev–Trinajstić information content (AvgIpc) is 2.87.